The summed E-state index contributed by atoms with van der Waals surface area (Å²) < 4.78 is 0. The van der Waals surface area contributed by atoms with Crippen LogP contribution in [-0.4, -0.2) is 45.1 Å². The molecule has 4 rings (SSSR count). The Morgan fingerprint density at radius 3 is 2.64 bits per heavy atom. The van der Waals surface area contributed by atoms with Crippen molar-refractivity contribution < 1.29 is 14.7 Å². The third-order valence-electron chi connectivity index (χ3n) is 4.82. The zero-order chi connectivity index (χ0) is 19.5. The summed E-state index contributed by atoms with van der Waals surface area (Å²) in [5.74, 6) is -1.01. The maximum absolute atomic E-state index is 12.3. The minimum absolute atomic E-state index is 0.137. The van der Waals surface area contributed by atoms with E-state index in [9.17, 15) is 14.7 Å². The predicted molar refractivity (Wildman–Crippen MR) is 108 cm³/mol. The first kappa shape index (κ1) is 17.8. The van der Waals surface area contributed by atoms with Gasteiger partial charge in [0.25, 0.3) is 0 Å². The molecule has 7 heteroatoms. The summed E-state index contributed by atoms with van der Waals surface area (Å²) in [6.45, 7) is 1.53. The second-order valence-electron chi connectivity index (χ2n) is 6.72. The number of aromatic nitrogens is 2. The van der Waals surface area contributed by atoms with Crippen LogP contribution < -0.4 is 5.32 Å². The SMILES string of the molecule is O=C(O)C(=Cc1c[nH]c2ncc(NC(=O)N3CCCC3)cc12)c1ccccc1. The summed E-state index contributed by atoms with van der Waals surface area (Å²) in [7, 11) is 0. The molecule has 1 aliphatic rings. The van der Waals surface area contributed by atoms with E-state index in [0.29, 0.717) is 22.5 Å². The molecule has 2 amide bonds. The number of aliphatic carboxylic acids is 1. The number of benzene rings is 1. The second kappa shape index (κ2) is 7.56. The first-order chi connectivity index (χ1) is 13.6. The Bertz CT molecular complexity index is 1050. The number of carbonyl (C=O) groups is 2. The van der Waals surface area contributed by atoms with Gasteiger partial charge in [-0.05, 0) is 30.5 Å². The summed E-state index contributed by atoms with van der Waals surface area (Å²) in [6, 6.07) is 10.6. The number of carbonyl (C=O) groups excluding carboxylic acids is 1. The van der Waals surface area contributed by atoms with Crippen LogP contribution >= 0.6 is 0 Å². The Labute approximate surface area is 161 Å². The van der Waals surface area contributed by atoms with Crippen molar-refractivity contribution in [2.24, 2.45) is 0 Å². The Balaban J connectivity index is 1.67. The number of H-pyrrole nitrogens is 1. The third-order valence-corrected chi connectivity index (χ3v) is 4.82. The molecule has 0 radical (unpaired) electrons. The molecule has 1 fully saturated rings. The van der Waals surface area contributed by atoms with E-state index in [1.165, 1.54) is 0 Å². The highest BCUT2D eigenvalue weighted by Gasteiger charge is 2.18. The molecule has 28 heavy (non-hydrogen) atoms. The van der Waals surface area contributed by atoms with Crippen molar-refractivity contribution >= 4 is 40.4 Å². The average molecular weight is 376 g/mol. The molecule has 0 atom stereocenters. The second-order valence-corrected chi connectivity index (χ2v) is 6.72. The number of carboxylic acid groups (broad SMARTS) is 1. The van der Waals surface area contributed by atoms with Gasteiger partial charge in [-0.3, -0.25) is 0 Å². The number of pyridine rings is 1. The molecule has 0 unspecified atom stereocenters. The van der Waals surface area contributed by atoms with Crippen LogP contribution in [0.1, 0.15) is 24.0 Å². The van der Waals surface area contributed by atoms with Crippen LogP contribution in [0.4, 0.5) is 10.5 Å². The lowest BCUT2D eigenvalue weighted by atomic mass is 10.0. The number of nitrogens with one attached hydrogen (secondary N) is 2. The van der Waals surface area contributed by atoms with Crippen molar-refractivity contribution in [2.45, 2.75) is 12.8 Å². The predicted octanol–water partition coefficient (Wildman–Crippen LogP) is 3.82. The topological polar surface area (TPSA) is 98.3 Å². The Morgan fingerprint density at radius 2 is 1.93 bits per heavy atom. The van der Waals surface area contributed by atoms with Gasteiger partial charge in [0.15, 0.2) is 0 Å². The van der Waals surface area contributed by atoms with Gasteiger partial charge in [0, 0.05) is 30.2 Å². The van der Waals surface area contributed by atoms with E-state index in [1.807, 2.05) is 12.1 Å². The van der Waals surface area contributed by atoms with Crippen LogP contribution in [0.25, 0.3) is 22.7 Å². The zero-order valence-corrected chi connectivity index (χ0v) is 15.2. The Kier molecular flexibility index (Phi) is 4.80. The molecule has 1 aromatic carbocycles. The Morgan fingerprint density at radius 1 is 1.18 bits per heavy atom. The molecule has 0 aliphatic carbocycles. The Hall–Kier alpha value is -3.61. The number of hydrogen-bond donors (Lipinski definition) is 3. The fourth-order valence-corrected chi connectivity index (χ4v) is 3.38. The third kappa shape index (κ3) is 3.59. The van der Waals surface area contributed by atoms with Gasteiger partial charge in [0.2, 0.25) is 0 Å². The number of aromatic amines is 1. The monoisotopic (exact) mass is 376 g/mol. The van der Waals surface area contributed by atoms with Crippen molar-refractivity contribution in [1.82, 2.24) is 14.9 Å². The number of rotatable bonds is 4. The minimum Gasteiger partial charge on any atom is -0.478 e. The molecule has 3 aromatic rings. The van der Waals surface area contributed by atoms with Crippen LogP contribution in [0, 0.1) is 0 Å². The first-order valence-corrected chi connectivity index (χ1v) is 9.15. The first-order valence-electron chi connectivity index (χ1n) is 9.15. The highest BCUT2D eigenvalue weighted by Crippen LogP contribution is 2.26. The van der Waals surface area contributed by atoms with E-state index in [-0.39, 0.29) is 11.6 Å². The maximum atomic E-state index is 12.3. The van der Waals surface area contributed by atoms with Gasteiger partial charge >= 0.3 is 12.0 Å². The molecule has 1 saturated heterocycles. The quantitative estimate of drug-likeness (QED) is 0.603. The molecule has 142 valence electrons. The van der Waals surface area contributed by atoms with Crippen LogP contribution in [0.3, 0.4) is 0 Å². The van der Waals surface area contributed by atoms with Crippen molar-refractivity contribution in [3.63, 3.8) is 0 Å². The van der Waals surface area contributed by atoms with Gasteiger partial charge in [-0.1, -0.05) is 30.3 Å². The summed E-state index contributed by atoms with van der Waals surface area (Å²) in [5, 5.41) is 13.3. The molecule has 3 N–H and O–H groups in total. The molecular formula is C21H20N4O3. The maximum Gasteiger partial charge on any atom is 0.336 e. The number of urea groups is 1. The summed E-state index contributed by atoms with van der Waals surface area (Å²) in [6.07, 6.45) is 6.97. The smallest absolute Gasteiger partial charge is 0.336 e. The summed E-state index contributed by atoms with van der Waals surface area (Å²) >= 11 is 0. The lowest BCUT2D eigenvalue weighted by Crippen LogP contribution is -2.32. The fraction of sp³-hybridized carbons (Fsp3) is 0.190. The van der Waals surface area contributed by atoms with Gasteiger partial charge in [-0.15, -0.1) is 0 Å². The molecular weight excluding hydrogens is 356 g/mol. The summed E-state index contributed by atoms with van der Waals surface area (Å²) in [4.78, 5) is 33.2. The molecule has 3 heterocycles. The molecule has 1 aliphatic heterocycles. The van der Waals surface area contributed by atoms with Crippen LogP contribution in [0.5, 0.6) is 0 Å². The van der Waals surface area contributed by atoms with E-state index in [0.717, 1.165) is 31.3 Å². The minimum atomic E-state index is -1.01. The molecule has 0 bridgehead atoms. The van der Waals surface area contributed by atoms with Crippen LogP contribution in [0.2, 0.25) is 0 Å². The van der Waals surface area contributed by atoms with Crippen molar-refractivity contribution in [1.29, 1.82) is 0 Å². The van der Waals surface area contributed by atoms with Crippen LogP contribution in [-0.2, 0) is 4.79 Å². The zero-order valence-electron chi connectivity index (χ0n) is 15.2. The van der Waals surface area contributed by atoms with E-state index in [1.54, 1.807) is 47.6 Å². The van der Waals surface area contributed by atoms with E-state index in [2.05, 4.69) is 15.3 Å². The standard InChI is InChI=1S/C21H20N4O3/c26-20(27)18(14-6-2-1-3-7-14)10-15-12-22-19-17(15)11-16(13-23-19)24-21(28)25-8-4-5-9-25/h1-3,6-7,10-13H,4-5,8-9H2,(H,22,23)(H,24,28)(H,26,27). The number of carboxylic acids is 1. The van der Waals surface area contributed by atoms with Gasteiger partial charge in [0.05, 0.1) is 17.5 Å². The molecule has 0 saturated carbocycles. The average Bonchev–Trinajstić information content (AvgIpc) is 3.37. The number of nitrogens with zero attached hydrogens (tertiary/aromatic N) is 2. The van der Waals surface area contributed by atoms with Gasteiger partial charge in [0.1, 0.15) is 5.65 Å². The number of amides is 2. The highest BCUT2D eigenvalue weighted by atomic mass is 16.4. The molecule has 7 nitrogen and oxygen atoms in total. The highest BCUT2D eigenvalue weighted by molar-refractivity contribution is 6.21. The van der Waals surface area contributed by atoms with Gasteiger partial charge in [-0.25, -0.2) is 14.6 Å². The number of hydrogen-bond acceptors (Lipinski definition) is 3. The van der Waals surface area contributed by atoms with E-state index >= 15 is 0 Å². The van der Waals surface area contributed by atoms with Crippen molar-refractivity contribution in [3.05, 3.63) is 59.9 Å². The lowest BCUT2D eigenvalue weighted by Gasteiger charge is -2.16. The number of fused-ring (bicyclic) bond motifs is 1. The fourth-order valence-electron chi connectivity index (χ4n) is 3.38. The van der Waals surface area contributed by atoms with E-state index < -0.39 is 5.97 Å². The number of likely N-dealkylation sites (tertiary alicyclic amines) is 1. The summed E-state index contributed by atoms with van der Waals surface area (Å²) in [5.41, 5.74) is 2.71. The van der Waals surface area contributed by atoms with E-state index in [4.69, 9.17) is 0 Å². The normalized spacial score (nSPS) is 14.4. The lowest BCUT2D eigenvalue weighted by molar-refractivity contribution is -0.130. The van der Waals surface area contributed by atoms with Crippen molar-refractivity contribution in [2.75, 3.05) is 18.4 Å². The molecule has 2 aromatic heterocycles. The van der Waals surface area contributed by atoms with Crippen molar-refractivity contribution in [3.8, 4) is 0 Å². The van der Waals surface area contributed by atoms with Crippen LogP contribution in [0.15, 0.2) is 48.8 Å². The number of anilines is 1. The van der Waals surface area contributed by atoms with Gasteiger partial charge < -0.3 is 20.3 Å². The molecule has 0 spiro atoms. The largest absolute Gasteiger partial charge is 0.478 e. The van der Waals surface area contributed by atoms with Gasteiger partial charge in [-0.2, -0.15) is 0 Å².